The van der Waals surface area contributed by atoms with Crippen LogP contribution in [0.1, 0.15) is 32.4 Å². The van der Waals surface area contributed by atoms with Gasteiger partial charge in [0.05, 0.1) is 23.9 Å². The zero-order valence-corrected chi connectivity index (χ0v) is 18.9. The van der Waals surface area contributed by atoms with E-state index in [2.05, 4.69) is 16.0 Å². The number of para-hydroxylation sites is 1. The first-order valence-corrected chi connectivity index (χ1v) is 10.6. The van der Waals surface area contributed by atoms with Gasteiger partial charge in [-0.05, 0) is 62.8 Å². The molecule has 0 spiro atoms. The molecule has 9 heteroatoms. The Kier molecular flexibility index (Phi) is 7.42. The van der Waals surface area contributed by atoms with Crippen LogP contribution in [0.5, 0.6) is 0 Å². The van der Waals surface area contributed by atoms with Crippen molar-refractivity contribution in [2.75, 3.05) is 23.8 Å². The van der Waals surface area contributed by atoms with E-state index < -0.39 is 23.9 Å². The van der Waals surface area contributed by atoms with Crippen molar-refractivity contribution in [2.24, 2.45) is 0 Å². The smallest absolute Gasteiger partial charge is 0.338 e. The Hall–Kier alpha value is -3.46. The van der Waals surface area contributed by atoms with Crippen LogP contribution in [0.2, 0.25) is 0 Å². The Morgan fingerprint density at radius 3 is 2.59 bits per heavy atom. The van der Waals surface area contributed by atoms with Crippen LogP contribution in [0.3, 0.4) is 0 Å². The first kappa shape index (κ1) is 23.2. The molecule has 2 amide bonds. The predicted molar refractivity (Wildman–Crippen MR) is 126 cm³/mol. The number of rotatable bonds is 6. The van der Waals surface area contributed by atoms with Crippen LogP contribution in [-0.2, 0) is 9.53 Å². The number of urea groups is 1. The van der Waals surface area contributed by atoms with Crippen LogP contribution in [0.15, 0.2) is 59.8 Å². The number of carbonyl (C=O) groups excluding carboxylic acids is 2. The molecule has 0 aromatic heterocycles. The lowest BCUT2D eigenvalue weighted by Gasteiger charge is -2.37. The van der Waals surface area contributed by atoms with Crippen LogP contribution in [0.4, 0.5) is 20.6 Å². The standard InChI is InChI=1S/C23H25FN4O3S/c1-4-28-14(3)19(21(29)31-5-2)20(27-23(28)32)15-9-8-10-16(13-15)25-22(30)26-18-12-7-6-11-17(18)24/h6-13,20H,4-5H2,1-3H3,(H,27,32)(H2,25,26,30). The van der Waals surface area contributed by atoms with Gasteiger partial charge in [-0.25, -0.2) is 14.0 Å². The molecular formula is C23H25FN4O3S. The van der Waals surface area contributed by atoms with Crippen LogP contribution in [-0.4, -0.2) is 35.2 Å². The number of anilines is 2. The first-order chi connectivity index (χ1) is 15.3. The second-order valence-electron chi connectivity index (χ2n) is 7.03. The van der Waals surface area contributed by atoms with E-state index in [4.69, 9.17) is 17.0 Å². The van der Waals surface area contributed by atoms with Crippen molar-refractivity contribution in [1.29, 1.82) is 0 Å². The van der Waals surface area contributed by atoms with Crippen molar-refractivity contribution < 1.29 is 18.7 Å². The molecule has 1 unspecified atom stereocenters. The monoisotopic (exact) mass is 456 g/mol. The number of hydrogen-bond donors (Lipinski definition) is 3. The summed E-state index contributed by atoms with van der Waals surface area (Å²) in [6.07, 6.45) is 0. The lowest BCUT2D eigenvalue weighted by molar-refractivity contribution is -0.139. The molecule has 2 aromatic rings. The fourth-order valence-electron chi connectivity index (χ4n) is 3.53. The molecule has 32 heavy (non-hydrogen) atoms. The Bertz CT molecular complexity index is 1070. The van der Waals surface area contributed by atoms with Gasteiger partial charge in [0.25, 0.3) is 0 Å². The third-order valence-electron chi connectivity index (χ3n) is 5.01. The molecule has 1 aliphatic rings. The molecule has 7 nitrogen and oxygen atoms in total. The summed E-state index contributed by atoms with van der Waals surface area (Å²) in [6.45, 7) is 6.38. The summed E-state index contributed by atoms with van der Waals surface area (Å²) in [5, 5.41) is 8.87. The second kappa shape index (κ2) is 10.2. The number of amides is 2. The largest absolute Gasteiger partial charge is 0.463 e. The average Bonchev–Trinajstić information content (AvgIpc) is 2.75. The second-order valence-corrected chi connectivity index (χ2v) is 7.42. The Labute approximate surface area is 191 Å². The molecule has 1 heterocycles. The minimum atomic E-state index is -0.589. The van der Waals surface area contributed by atoms with Crippen LogP contribution in [0.25, 0.3) is 0 Å². The van der Waals surface area contributed by atoms with E-state index in [1.54, 1.807) is 37.3 Å². The Balaban J connectivity index is 1.87. The van der Waals surface area contributed by atoms with E-state index in [1.807, 2.05) is 24.8 Å². The number of hydrogen-bond acceptors (Lipinski definition) is 4. The van der Waals surface area contributed by atoms with E-state index in [1.165, 1.54) is 12.1 Å². The molecule has 0 fully saturated rings. The van der Waals surface area contributed by atoms with Gasteiger partial charge in [0, 0.05) is 17.9 Å². The maximum absolute atomic E-state index is 13.8. The summed E-state index contributed by atoms with van der Waals surface area (Å²) < 4.78 is 19.1. The van der Waals surface area contributed by atoms with Gasteiger partial charge in [-0.15, -0.1) is 0 Å². The summed E-state index contributed by atoms with van der Waals surface area (Å²) in [5.74, 6) is -0.962. The van der Waals surface area contributed by atoms with Gasteiger partial charge in [-0.3, -0.25) is 0 Å². The maximum atomic E-state index is 13.8. The number of nitrogens with one attached hydrogen (secondary N) is 3. The van der Waals surface area contributed by atoms with E-state index >= 15 is 0 Å². The molecule has 3 rings (SSSR count). The molecule has 1 aliphatic heterocycles. The SMILES string of the molecule is CCOC(=O)C1=C(C)N(CC)C(=S)NC1c1cccc(NC(=O)Nc2ccccc2F)c1. The van der Waals surface area contributed by atoms with Gasteiger partial charge in [0.15, 0.2) is 5.11 Å². The summed E-state index contributed by atoms with van der Waals surface area (Å²) in [5.41, 5.74) is 2.44. The van der Waals surface area contributed by atoms with E-state index in [0.717, 1.165) is 5.70 Å². The molecular weight excluding hydrogens is 431 g/mol. The Morgan fingerprint density at radius 1 is 1.16 bits per heavy atom. The van der Waals surface area contributed by atoms with Crippen molar-refractivity contribution in [3.63, 3.8) is 0 Å². The third kappa shape index (κ3) is 5.05. The zero-order chi connectivity index (χ0) is 23.3. The summed E-state index contributed by atoms with van der Waals surface area (Å²) in [4.78, 5) is 26.9. The molecule has 0 radical (unpaired) electrons. The minimum absolute atomic E-state index is 0.0725. The predicted octanol–water partition coefficient (Wildman–Crippen LogP) is 4.56. The van der Waals surface area contributed by atoms with Crippen LogP contribution >= 0.6 is 12.2 Å². The van der Waals surface area contributed by atoms with Gasteiger partial charge >= 0.3 is 12.0 Å². The highest BCUT2D eigenvalue weighted by Crippen LogP contribution is 2.32. The molecule has 0 saturated carbocycles. The number of carbonyl (C=O) groups is 2. The van der Waals surface area contributed by atoms with Crippen molar-refractivity contribution in [3.05, 3.63) is 71.2 Å². The van der Waals surface area contributed by atoms with E-state index in [9.17, 15) is 14.0 Å². The first-order valence-electron chi connectivity index (χ1n) is 10.2. The highest BCUT2D eigenvalue weighted by atomic mass is 32.1. The molecule has 3 N–H and O–H groups in total. The summed E-state index contributed by atoms with van der Waals surface area (Å²) >= 11 is 5.49. The maximum Gasteiger partial charge on any atom is 0.338 e. The number of esters is 1. The molecule has 2 aromatic carbocycles. The molecule has 1 atom stereocenters. The van der Waals surface area contributed by atoms with Gasteiger partial charge < -0.3 is 25.6 Å². The average molecular weight is 457 g/mol. The lowest BCUT2D eigenvalue weighted by Crippen LogP contribution is -2.47. The number of nitrogens with zero attached hydrogens (tertiary/aromatic N) is 1. The van der Waals surface area contributed by atoms with Gasteiger partial charge in [-0.1, -0.05) is 24.3 Å². The zero-order valence-electron chi connectivity index (χ0n) is 18.1. The van der Waals surface area contributed by atoms with Crippen molar-refractivity contribution in [1.82, 2.24) is 10.2 Å². The number of benzene rings is 2. The number of allylic oxidation sites excluding steroid dienone is 1. The van der Waals surface area contributed by atoms with Crippen molar-refractivity contribution >= 4 is 40.7 Å². The van der Waals surface area contributed by atoms with E-state index in [0.29, 0.717) is 28.5 Å². The third-order valence-corrected chi connectivity index (χ3v) is 5.35. The topological polar surface area (TPSA) is 82.7 Å². The Morgan fingerprint density at radius 2 is 1.91 bits per heavy atom. The van der Waals surface area contributed by atoms with Crippen LogP contribution in [0, 0.1) is 5.82 Å². The number of halogens is 1. The quantitative estimate of drug-likeness (QED) is 0.437. The normalized spacial score (nSPS) is 15.8. The van der Waals surface area contributed by atoms with Gasteiger partial charge in [0.1, 0.15) is 5.82 Å². The fraction of sp³-hybridized carbons (Fsp3) is 0.261. The molecule has 0 aliphatic carbocycles. The minimum Gasteiger partial charge on any atom is -0.463 e. The van der Waals surface area contributed by atoms with Gasteiger partial charge in [-0.2, -0.15) is 0 Å². The van der Waals surface area contributed by atoms with Gasteiger partial charge in [0.2, 0.25) is 0 Å². The summed E-state index contributed by atoms with van der Waals surface area (Å²) in [6, 6.07) is 11.8. The molecule has 0 saturated heterocycles. The highest BCUT2D eigenvalue weighted by molar-refractivity contribution is 7.80. The highest BCUT2D eigenvalue weighted by Gasteiger charge is 2.34. The van der Waals surface area contributed by atoms with Crippen molar-refractivity contribution in [3.8, 4) is 0 Å². The van der Waals surface area contributed by atoms with Crippen LogP contribution < -0.4 is 16.0 Å². The molecule has 0 bridgehead atoms. The lowest BCUT2D eigenvalue weighted by atomic mass is 9.94. The summed E-state index contributed by atoms with van der Waals surface area (Å²) in [7, 11) is 0. The van der Waals surface area contributed by atoms with Crippen molar-refractivity contribution in [2.45, 2.75) is 26.8 Å². The number of thiocarbonyl (C=S) groups is 1. The van der Waals surface area contributed by atoms with E-state index in [-0.39, 0.29) is 12.3 Å². The number of ether oxygens (including phenoxy) is 1. The molecule has 168 valence electrons. The fourth-order valence-corrected chi connectivity index (χ4v) is 3.91.